The second-order valence-corrected chi connectivity index (χ2v) is 6.75. The summed E-state index contributed by atoms with van der Waals surface area (Å²) in [5.41, 5.74) is -3.49. The van der Waals surface area contributed by atoms with Crippen molar-refractivity contribution < 1.29 is 53.4 Å². The third-order valence-corrected chi connectivity index (χ3v) is 4.22. The topological polar surface area (TPSA) is 18.5 Å². The Balaban J connectivity index is 1.95. The first-order chi connectivity index (χ1) is 15.2. The predicted molar refractivity (Wildman–Crippen MR) is 94.3 cm³/mol. The van der Waals surface area contributed by atoms with E-state index in [0.717, 1.165) is 0 Å². The standard InChI is InChI=1S/C20H7ClF10O2/c21-9-4-14(25)18(15(26)5-9)19(27,28)32-10-6-12(23)17(13(24)7-10)8-1-2-16(11(22)3-8)33-20(29,30)31/h1-7H. The van der Waals surface area contributed by atoms with Crippen LogP contribution < -0.4 is 9.47 Å². The summed E-state index contributed by atoms with van der Waals surface area (Å²) in [6, 6.07) is 2.58. The van der Waals surface area contributed by atoms with Gasteiger partial charge in [0.1, 0.15) is 34.6 Å². The first kappa shape index (κ1) is 24.5. The van der Waals surface area contributed by atoms with Crippen molar-refractivity contribution in [3.05, 3.63) is 82.1 Å². The molecule has 0 atom stereocenters. The molecular weight excluding hydrogens is 498 g/mol. The van der Waals surface area contributed by atoms with Crippen LogP contribution in [0.1, 0.15) is 5.56 Å². The van der Waals surface area contributed by atoms with Gasteiger partial charge in [-0.15, -0.1) is 13.2 Å². The van der Waals surface area contributed by atoms with Crippen molar-refractivity contribution >= 4 is 11.6 Å². The van der Waals surface area contributed by atoms with E-state index >= 15 is 0 Å². The lowest BCUT2D eigenvalue weighted by Gasteiger charge is -2.20. The normalized spacial score (nSPS) is 12.1. The SMILES string of the molecule is Fc1cc(-c2c(F)cc(OC(F)(F)c3c(F)cc(Cl)cc3F)cc2F)ccc1OC(F)(F)F. The van der Waals surface area contributed by atoms with E-state index in [4.69, 9.17) is 11.6 Å². The molecule has 0 unspecified atom stereocenters. The molecule has 3 aromatic rings. The van der Waals surface area contributed by atoms with Crippen LogP contribution in [0, 0.1) is 29.1 Å². The molecule has 2 nitrogen and oxygen atoms in total. The van der Waals surface area contributed by atoms with Crippen molar-refractivity contribution in [3.8, 4) is 22.6 Å². The second kappa shape index (κ2) is 8.65. The molecule has 0 aliphatic rings. The van der Waals surface area contributed by atoms with Crippen LogP contribution in [-0.4, -0.2) is 6.36 Å². The van der Waals surface area contributed by atoms with Gasteiger partial charge in [0.2, 0.25) is 0 Å². The van der Waals surface area contributed by atoms with Gasteiger partial charge in [0.05, 0.1) is 5.56 Å². The van der Waals surface area contributed by atoms with E-state index in [1.54, 1.807) is 0 Å². The van der Waals surface area contributed by atoms with Crippen molar-refractivity contribution in [2.45, 2.75) is 12.5 Å². The van der Waals surface area contributed by atoms with Gasteiger partial charge in [-0.3, -0.25) is 0 Å². The molecule has 0 aromatic heterocycles. The van der Waals surface area contributed by atoms with Gasteiger partial charge in [-0.2, -0.15) is 8.78 Å². The Labute approximate surface area is 182 Å². The Morgan fingerprint density at radius 2 is 1.18 bits per heavy atom. The highest BCUT2D eigenvalue weighted by molar-refractivity contribution is 6.30. The highest BCUT2D eigenvalue weighted by Gasteiger charge is 2.41. The van der Waals surface area contributed by atoms with Gasteiger partial charge >= 0.3 is 12.5 Å². The first-order valence-electron chi connectivity index (χ1n) is 8.44. The second-order valence-electron chi connectivity index (χ2n) is 6.32. The molecule has 0 radical (unpaired) electrons. The summed E-state index contributed by atoms with van der Waals surface area (Å²) in [6.07, 6.45) is -9.96. The Bertz CT molecular complexity index is 1160. The van der Waals surface area contributed by atoms with Crippen molar-refractivity contribution in [3.63, 3.8) is 0 Å². The van der Waals surface area contributed by atoms with Crippen LogP contribution in [-0.2, 0) is 6.11 Å². The molecule has 0 aliphatic heterocycles. The minimum atomic E-state index is -5.23. The van der Waals surface area contributed by atoms with E-state index < -0.39 is 74.8 Å². The molecule has 3 rings (SSSR count). The molecule has 0 spiro atoms. The van der Waals surface area contributed by atoms with E-state index in [9.17, 15) is 43.9 Å². The molecule has 13 heteroatoms. The molecule has 3 aromatic carbocycles. The van der Waals surface area contributed by atoms with Gasteiger partial charge in [-0.05, 0) is 29.8 Å². The third kappa shape index (κ3) is 5.44. The molecular formula is C20H7ClF10O2. The number of hydrogen-bond acceptors (Lipinski definition) is 2. The fraction of sp³-hybridized carbons (Fsp3) is 0.100. The molecule has 0 saturated carbocycles. The largest absolute Gasteiger partial charge is 0.573 e. The van der Waals surface area contributed by atoms with Crippen LogP contribution in [0.4, 0.5) is 43.9 Å². The van der Waals surface area contributed by atoms with Crippen molar-refractivity contribution in [1.82, 2.24) is 0 Å². The van der Waals surface area contributed by atoms with Gasteiger partial charge in [0.25, 0.3) is 0 Å². The minimum Gasteiger partial charge on any atom is -0.429 e. The number of rotatable bonds is 5. The van der Waals surface area contributed by atoms with Gasteiger partial charge in [0.15, 0.2) is 11.6 Å². The lowest BCUT2D eigenvalue weighted by Crippen LogP contribution is -2.25. The summed E-state index contributed by atoms with van der Waals surface area (Å²) in [5.74, 6) is -10.9. The lowest BCUT2D eigenvalue weighted by molar-refractivity contribution is -0.275. The van der Waals surface area contributed by atoms with E-state index in [2.05, 4.69) is 9.47 Å². The zero-order valence-electron chi connectivity index (χ0n) is 15.5. The quantitative estimate of drug-likeness (QED) is 0.331. The average molecular weight is 505 g/mol. The number of hydrogen-bond donors (Lipinski definition) is 0. The van der Waals surface area contributed by atoms with E-state index in [1.807, 2.05) is 0 Å². The van der Waals surface area contributed by atoms with Crippen LogP contribution in [0.3, 0.4) is 0 Å². The molecule has 0 bridgehead atoms. The third-order valence-electron chi connectivity index (χ3n) is 4.01. The van der Waals surface area contributed by atoms with Crippen LogP contribution in [0.2, 0.25) is 5.02 Å². The highest BCUT2D eigenvalue weighted by Crippen LogP contribution is 2.39. The lowest BCUT2D eigenvalue weighted by atomic mass is 10.0. The molecule has 176 valence electrons. The zero-order chi connectivity index (χ0) is 24.7. The molecule has 0 saturated heterocycles. The molecule has 0 heterocycles. The van der Waals surface area contributed by atoms with Crippen molar-refractivity contribution in [1.29, 1.82) is 0 Å². The Morgan fingerprint density at radius 1 is 0.636 bits per heavy atom. The number of halogens is 11. The van der Waals surface area contributed by atoms with Crippen LogP contribution in [0.25, 0.3) is 11.1 Å². The summed E-state index contributed by atoms with van der Waals surface area (Å²) in [7, 11) is 0. The van der Waals surface area contributed by atoms with Gasteiger partial charge in [-0.25, -0.2) is 22.0 Å². The van der Waals surface area contributed by atoms with Gasteiger partial charge in [0, 0.05) is 17.2 Å². The summed E-state index contributed by atoms with van der Waals surface area (Å²) < 4.78 is 143. The fourth-order valence-corrected chi connectivity index (χ4v) is 2.96. The maximum atomic E-state index is 14.4. The Kier molecular flexibility index (Phi) is 6.42. The van der Waals surface area contributed by atoms with E-state index in [1.165, 1.54) is 0 Å². The monoisotopic (exact) mass is 504 g/mol. The first-order valence-corrected chi connectivity index (χ1v) is 8.82. The van der Waals surface area contributed by atoms with Gasteiger partial charge < -0.3 is 9.47 Å². The number of alkyl halides is 5. The van der Waals surface area contributed by atoms with Gasteiger partial charge in [-0.1, -0.05) is 17.7 Å². The average Bonchev–Trinajstić information content (AvgIpc) is 2.60. The van der Waals surface area contributed by atoms with Crippen LogP contribution in [0.5, 0.6) is 11.5 Å². The van der Waals surface area contributed by atoms with E-state index in [-0.39, 0.29) is 12.1 Å². The van der Waals surface area contributed by atoms with E-state index in [0.29, 0.717) is 30.3 Å². The van der Waals surface area contributed by atoms with Crippen LogP contribution >= 0.6 is 11.6 Å². The fourth-order valence-electron chi connectivity index (χ4n) is 2.77. The van der Waals surface area contributed by atoms with Crippen molar-refractivity contribution in [2.24, 2.45) is 0 Å². The summed E-state index contributed by atoms with van der Waals surface area (Å²) in [6.45, 7) is 0. The van der Waals surface area contributed by atoms with Crippen LogP contribution in [0.15, 0.2) is 42.5 Å². The predicted octanol–water partition coefficient (Wildman–Crippen LogP) is 7.73. The Morgan fingerprint density at radius 3 is 1.67 bits per heavy atom. The number of benzene rings is 3. The summed E-state index contributed by atoms with van der Waals surface area (Å²) in [5, 5.41) is -0.537. The maximum Gasteiger partial charge on any atom is 0.573 e. The molecule has 0 amide bonds. The summed E-state index contributed by atoms with van der Waals surface area (Å²) in [4.78, 5) is 0. The smallest absolute Gasteiger partial charge is 0.429 e. The highest BCUT2D eigenvalue weighted by atomic mass is 35.5. The summed E-state index contributed by atoms with van der Waals surface area (Å²) >= 11 is 5.35. The molecule has 33 heavy (non-hydrogen) atoms. The number of ether oxygens (including phenoxy) is 2. The molecule has 0 fully saturated rings. The Hall–Kier alpha value is -3.15. The molecule has 0 N–H and O–H groups in total. The zero-order valence-corrected chi connectivity index (χ0v) is 16.3. The maximum absolute atomic E-state index is 14.4. The minimum absolute atomic E-state index is 0.204. The molecule has 0 aliphatic carbocycles. The van der Waals surface area contributed by atoms with Crippen molar-refractivity contribution in [2.75, 3.05) is 0 Å².